The van der Waals surface area contributed by atoms with Gasteiger partial charge >= 0.3 is 0 Å². The lowest BCUT2D eigenvalue weighted by Crippen LogP contribution is -2.34. The van der Waals surface area contributed by atoms with Gasteiger partial charge in [-0.05, 0) is 49.6 Å². The second-order valence-corrected chi connectivity index (χ2v) is 6.63. The van der Waals surface area contributed by atoms with Crippen LogP contribution in [0.4, 0.5) is 8.78 Å². The van der Waals surface area contributed by atoms with Crippen LogP contribution in [0, 0.1) is 29.4 Å². The fraction of sp³-hybridized carbons (Fsp3) is 0.667. The highest BCUT2D eigenvalue weighted by molar-refractivity contribution is 5.23. The van der Waals surface area contributed by atoms with Gasteiger partial charge in [0.15, 0.2) is 0 Å². The summed E-state index contributed by atoms with van der Waals surface area (Å²) in [5, 5.41) is 3.49. The number of hydrogen-bond acceptors (Lipinski definition) is 1. The zero-order valence-corrected chi connectivity index (χ0v) is 13.3. The maximum Gasteiger partial charge on any atom is 0.130 e. The van der Waals surface area contributed by atoms with Gasteiger partial charge in [0.05, 0.1) is 0 Å². The monoisotopic (exact) mass is 295 g/mol. The van der Waals surface area contributed by atoms with Crippen LogP contribution in [0.2, 0.25) is 0 Å². The normalized spacial score (nSPS) is 27.6. The zero-order valence-electron chi connectivity index (χ0n) is 13.3. The number of rotatable bonds is 5. The molecule has 0 spiro atoms. The molecule has 1 N–H and O–H groups in total. The number of benzene rings is 1. The van der Waals surface area contributed by atoms with E-state index in [0.29, 0.717) is 17.4 Å². The number of hydrogen-bond donors (Lipinski definition) is 1. The van der Waals surface area contributed by atoms with Crippen molar-refractivity contribution >= 4 is 0 Å². The second kappa shape index (κ2) is 7.35. The molecule has 1 fully saturated rings. The van der Waals surface area contributed by atoms with E-state index in [9.17, 15) is 8.78 Å². The van der Waals surface area contributed by atoms with Crippen molar-refractivity contribution in [2.45, 2.75) is 52.5 Å². The molecule has 0 radical (unpaired) electrons. The summed E-state index contributed by atoms with van der Waals surface area (Å²) in [6.45, 7) is 7.56. The van der Waals surface area contributed by atoms with Gasteiger partial charge in [0.25, 0.3) is 0 Å². The lowest BCUT2D eigenvalue weighted by molar-refractivity contribution is 0.169. The molecular formula is C18H27F2N. The average Bonchev–Trinajstić information content (AvgIpc) is 2.44. The first-order valence-corrected chi connectivity index (χ1v) is 8.21. The van der Waals surface area contributed by atoms with Crippen molar-refractivity contribution in [3.05, 3.63) is 35.4 Å². The number of halogens is 2. The molecule has 4 atom stereocenters. The SMILES string of the molecule is CCCNC(c1ccc(F)cc1F)C1CCC(C)C(C)C1. The van der Waals surface area contributed by atoms with Crippen LogP contribution in [0.5, 0.6) is 0 Å². The second-order valence-electron chi connectivity index (χ2n) is 6.63. The summed E-state index contributed by atoms with van der Waals surface area (Å²) >= 11 is 0. The van der Waals surface area contributed by atoms with Crippen molar-refractivity contribution in [3.63, 3.8) is 0 Å². The van der Waals surface area contributed by atoms with Gasteiger partial charge in [-0.15, -0.1) is 0 Å². The molecule has 1 aromatic carbocycles. The minimum absolute atomic E-state index is 0.000463. The van der Waals surface area contributed by atoms with Gasteiger partial charge in [0.2, 0.25) is 0 Å². The highest BCUT2D eigenvalue weighted by Gasteiger charge is 2.31. The third kappa shape index (κ3) is 4.03. The predicted octanol–water partition coefficient (Wildman–Crippen LogP) is 5.08. The molecule has 0 bridgehead atoms. The molecule has 1 aliphatic rings. The topological polar surface area (TPSA) is 12.0 Å². The van der Waals surface area contributed by atoms with Gasteiger partial charge in [0.1, 0.15) is 11.6 Å². The van der Waals surface area contributed by atoms with E-state index in [1.54, 1.807) is 6.07 Å². The summed E-state index contributed by atoms with van der Waals surface area (Å²) in [4.78, 5) is 0. The Morgan fingerprint density at radius 1 is 1.19 bits per heavy atom. The largest absolute Gasteiger partial charge is 0.310 e. The van der Waals surface area contributed by atoms with Gasteiger partial charge in [-0.2, -0.15) is 0 Å². The predicted molar refractivity (Wildman–Crippen MR) is 83.1 cm³/mol. The van der Waals surface area contributed by atoms with Crippen LogP contribution in [0.1, 0.15) is 58.1 Å². The van der Waals surface area contributed by atoms with Crippen LogP contribution in [0.3, 0.4) is 0 Å². The van der Waals surface area contributed by atoms with E-state index in [0.717, 1.165) is 37.8 Å². The fourth-order valence-corrected chi connectivity index (χ4v) is 3.48. The number of nitrogens with one attached hydrogen (secondary N) is 1. The van der Waals surface area contributed by atoms with E-state index in [2.05, 4.69) is 26.1 Å². The molecule has 1 aromatic rings. The summed E-state index contributed by atoms with van der Waals surface area (Å²) in [6.07, 6.45) is 4.43. The molecule has 118 valence electrons. The molecule has 0 heterocycles. The first-order valence-electron chi connectivity index (χ1n) is 8.21. The Morgan fingerprint density at radius 2 is 1.95 bits per heavy atom. The standard InChI is InChI=1S/C18H27F2N/c1-4-9-21-18(14-6-5-12(2)13(3)10-14)16-8-7-15(19)11-17(16)20/h7-8,11-14,18,21H,4-6,9-10H2,1-3H3. The van der Waals surface area contributed by atoms with Crippen molar-refractivity contribution in [1.82, 2.24) is 5.32 Å². The van der Waals surface area contributed by atoms with Gasteiger partial charge in [-0.1, -0.05) is 33.3 Å². The molecule has 1 nitrogen and oxygen atoms in total. The highest BCUT2D eigenvalue weighted by atomic mass is 19.1. The Balaban J connectivity index is 2.21. The molecule has 1 saturated carbocycles. The van der Waals surface area contributed by atoms with Crippen LogP contribution in [0.25, 0.3) is 0 Å². The zero-order chi connectivity index (χ0) is 15.4. The van der Waals surface area contributed by atoms with Crippen LogP contribution in [0.15, 0.2) is 18.2 Å². The molecule has 4 unspecified atom stereocenters. The summed E-state index contributed by atoms with van der Waals surface area (Å²) in [5.41, 5.74) is 0.622. The molecule has 0 aromatic heterocycles. The van der Waals surface area contributed by atoms with Gasteiger partial charge < -0.3 is 5.32 Å². The van der Waals surface area contributed by atoms with Crippen molar-refractivity contribution in [3.8, 4) is 0 Å². The maximum atomic E-state index is 14.2. The van der Waals surface area contributed by atoms with E-state index >= 15 is 0 Å². The van der Waals surface area contributed by atoms with E-state index in [1.807, 2.05) is 0 Å². The van der Waals surface area contributed by atoms with Crippen LogP contribution < -0.4 is 5.32 Å². The quantitative estimate of drug-likeness (QED) is 0.799. The lowest BCUT2D eigenvalue weighted by Gasteiger charge is -2.37. The molecular weight excluding hydrogens is 268 g/mol. The fourth-order valence-electron chi connectivity index (χ4n) is 3.48. The van der Waals surface area contributed by atoms with E-state index in [4.69, 9.17) is 0 Å². The van der Waals surface area contributed by atoms with E-state index in [-0.39, 0.29) is 6.04 Å². The van der Waals surface area contributed by atoms with E-state index in [1.165, 1.54) is 12.5 Å². The van der Waals surface area contributed by atoms with E-state index < -0.39 is 11.6 Å². The summed E-state index contributed by atoms with van der Waals surface area (Å²) in [6, 6.07) is 3.99. The molecule has 1 aliphatic carbocycles. The minimum Gasteiger partial charge on any atom is -0.310 e. The Hall–Kier alpha value is -0.960. The molecule has 21 heavy (non-hydrogen) atoms. The summed E-state index contributed by atoms with van der Waals surface area (Å²) in [7, 11) is 0. The van der Waals surface area contributed by atoms with Crippen molar-refractivity contribution < 1.29 is 8.78 Å². The van der Waals surface area contributed by atoms with Gasteiger partial charge in [-0.3, -0.25) is 0 Å². The molecule has 0 aliphatic heterocycles. The first-order chi connectivity index (χ1) is 10.0. The van der Waals surface area contributed by atoms with Crippen molar-refractivity contribution in [2.24, 2.45) is 17.8 Å². The third-order valence-corrected chi connectivity index (χ3v) is 5.02. The summed E-state index contributed by atoms with van der Waals surface area (Å²) in [5.74, 6) is 0.915. The van der Waals surface area contributed by atoms with Crippen molar-refractivity contribution in [1.29, 1.82) is 0 Å². The van der Waals surface area contributed by atoms with Gasteiger partial charge in [0, 0.05) is 17.7 Å². The van der Waals surface area contributed by atoms with Crippen LogP contribution >= 0.6 is 0 Å². The Bertz CT molecular complexity index is 461. The lowest BCUT2D eigenvalue weighted by atomic mass is 9.72. The average molecular weight is 295 g/mol. The molecule has 2 rings (SSSR count). The third-order valence-electron chi connectivity index (χ3n) is 5.02. The highest BCUT2D eigenvalue weighted by Crippen LogP contribution is 2.40. The maximum absolute atomic E-state index is 14.2. The minimum atomic E-state index is -0.504. The summed E-state index contributed by atoms with van der Waals surface area (Å²) < 4.78 is 27.3. The smallest absolute Gasteiger partial charge is 0.130 e. The Labute approximate surface area is 127 Å². The Kier molecular flexibility index (Phi) is 5.74. The molecule has 0 saturated heterocycles. The van der Waals surface area contributed by atoms with Crippen LogP contribution in [-0.4, -0.2) is 6.54 Å². The van der Waals surface area contributed by atoms with Crippen LogP contribution in [-0.2, 0) is 0 Å². The first kappa shape index (κ1) is 16.4. The van der Waals surface area contributed by atoms with Gasteiger partial charge in [-0.25, -0.2) is 8.78 Å². The van der Waals surface area contributed by atoms with Crippen molar-refractivity contribution in [2.75, 3.05) is 6.54 Å². The Morgan fingerprint density at radius 3 is 2.57 bits per heavy atom. The molecule has 3 heteroatoms. The molecule has 0 amide bonds.